The van der Waals surface area contributed by atoms with Crippen LogP contribution in [0.4, 0.5) is 0 Å². The SMILES string of the molecule is C[C@H]1OCCN[C@@H]1C(=O)NCCS(=O)(=O)CC1CC1. The minimum absolute atomic E-state index is 0.0250. The van der Waals surface area contributed by atoms with Gasteiger partial charge in [-0.05, 0) is 25.7 Å². The minimum atomic E-state index is -3.02. The number of sulfone groups is 1. The Labute approximate surface area is 114 Å². The molecule has 2 N–H and O–H groups in total. The predicted molar refractivity (Wildman–Crippen MR) is 71.6 cm³/mol. The maximum Gasteiger partial charge on any atom is 0.239 e. The van der Waals surface area contributed by atoms with Gasteiger partial charge in [-0.1, -0.05) is 0 Å². The van der Waals surface area contributed by atoms with Crippen molar-refractivity contribution in [3.63, 3.8) is 0 Å². The molecule has 2 aliphatic rings. The zero-order valence-electron chi connectivity index (χ0n) is 11.2. The molecule has 0 spiro atoms. The number of rotatable bonds is 6. The second-order valence-corrected chi connectivity index (χ2v) is 7.59. The van der Waals surface area contributed by atoms with Crippen LogP contribution in [0.15, 0.2) is 0 Å². The Morgan fingerprint density at radius 1 is 1.42 bits per heavy atom. The molecule has 2 fully saturated rings. The zero-order chi connectivity index (χ0) is 13.9. The van der Waals surface area contributed by atoms with Crippen LogP contribution in [-0.4, -0.2) is 57.7 Å². The lowest BCUT2D eigenvalue weighted by Gasteiger charge is -2.29. The summed E-state index contributed by atoms with van der Waals surface area (Å²) in [5, 5.41) is 5.74. The molecule has 1 aliphatic carbocycles. The average Bonchev–Trinajstić information content (AvgIpc) is 3.12. The van der Waals surface area contributed by atoms with E-state index in [2.05, 4.69) is 10.6 Å². The van der Waals surface area contributed by atoms with Gasteiger partial charge >= 0.3 is 0 Å². The fourth-order valence-electron chi connectivity index (χ4n) is 2.19. The van der Waals surface area contributed by atoms with E-state index >= 15 is 0 Å². The van der Waals surface area contributed by atoms with Crippen LogP contribution >= 0.6 is 0 Å². The highest BCUT2D eigenvalue weighted by molar-refractivity contribution is 7.91. The van der Waals surface area contributed by atoms with Crippen molar-refractivity contribution in [1.29, 1.82) is 0 Å². The standard InChI is InChI=1S/C12H22N2O4S/c1-9-11(13-4-6-18-9)12(15)14-5-7-19(16,17)8-10-2-3-10/h9-11,13H,2-8H2,1H3,(H,14,15)/t9-,11+/m1/s1. The van der Waals surface area contributed by atoms with Gasteiger partial charge in [-0.2, -0.15) is 0 Å². The van der Waals surface area contributed by atoms with Gasteiger partial charge in [-0.15, -0.1) is 0 Å². The van der Waals surface area contributed by atoms with E-state index in [1.54, 1.807) is 0 Å². The van der Waals surface area contributed by atoms with E-state index in [0.717, 1.165) is 12.8 Å². The van der Waals surface area contributed by atoms with Gasteiger partial charge < -0.3 is 15.4 Å². The number of carbonyl (C=O) groups is 1. The summed E-state index contributed by atoms with van der Waals surface area (Å²) in [7, 11) is -3.02. The van der Waals surface area contributed by atoms with Gasteiger partial charge in [-0.25, -0.2) is 8.42 Å². The second-order valence-electron chi connectivity index (χ2n) is 5.36. The van der Waals surface area contributed by atoms with Crippen LogP contribution in [0.2, 0.25) is 0 Å². The molecule has 6 nitrogen and oxygen atoms in total. The molecule has 19 heavy (non-hydrogen) atoms. The molecular weight excluding hydrogens is 268 g/mol. The molecule has 0 bridgehead atoms. The summed E-state index contributed by atoms with van der Waals surface area (Å²) in [4.78, 5) is 11.9. The van der Waals surface area contributed by atoms with E-state index in [9.17, 15) is 13.2 Å². The van der Waals surface area contributed by atoms with Crippen LogP contribution < -0.4 is 10.6 Å². The third-order valence-corrected chi connectivity index (χ3v) is 5.30. The van der Waals surface area contributed by atoms with Crippen molar-refractivity contribution in [2.75, 3.05) is 31.2 Å². The van der Waals surface area contributed by atoms with Gasteiger partial charge in [0.05, 0.1) is 24.2 Å². The molecular formula is C12H22N2O4S. The summed E-state index contributed by atoms with van der Waals surface area (Å²) >= 11 is 0. The summed E-state index contributed by atoms with van der Waals surface area (Å²) < 4.78 is 28.8. The quantitative estimate of drug-likeness (QED) is 0.676. The molecule has 110 valence electrons. The van der Waals surface area contributed by atoms with Crippen LogP contribution in [-0.2, 0) is 19.4 Å². The number of amides is 1. The zero-order valence-corrected chi connectivity index (χ0v) is 12.0. The molecule has 1 saturated heterocycles. The maximum atomic E-state index is 11.9. The lowest BCUT2D eigenvalue weighted by molar-refractivity contribution is -0.128. The Kier molecular flexibility index (Phi) is 4.81. The highest BCUT2D eigenvalue weighted by Gasteiger charge is 2.30. The van der Waals surface area contributed by atoms with Crippen molar-refractivity contribution in [1.82, 2.24) is 10.6 Å². The largest absolute Gasteiger partial charge is 0.375 e. The van der Waals surface area contributed by atoms with Crippen molar-refractivity contribution in [2.24, 2.45) is 5.92 Å². The van der Waals surface area contributed by atoms with Crippen LogP contribution in [0.5, 0.6) is 0 Å². The smallest absolute Gasteiger partial charge is 0.239 e. The normalized spacial score (nSPS) is 28.1. The first kappa shape index (κ1) is 14.7. The number of morpholine rings is 1. The van der Waals surface area contributed by atoms with E-state index < -0.39 is 9.84 Å². The topological polar surface area (TPSA) is 84.5 Å². The summed E-state index contributed by atoms with van der Waals surface area (Å²) in [6.45, 7) is 3.25. The number of nitrogens with one attached hydrogen (secondary N) is 2. The minimum Gasteiger partial charge on any atom is -0.375 e. The highest BCUT2D eigenvalue weighted by atomic mass is 32.2. The molecule has 7 heteroatoms. The molecule has 0 unspecified atom stereocenters. The van der Waals surface area contributed by atoms with Gasteiger partial charge in [0.1, 0.15) is 6.04 Å². The van der Waals surface area contributed by atoms with Crippen molar-refractivity contribution >= 4 is 15.7 Å². The molecule has 1 aliphatic heterocycles. The second kappa shape index (κ2) is 6.19. The molecule has 1 amide bonds. The molecule has 0 aromatic carbocycles. The van der Waals surface area contributed by atoms with Gasteiger partial charge in [-0.3, -0.25) is 4.79 Å². The Hall–Kier alpha value is -0.660. The Morgan fingerprint density at radius 3 is 2.79 bits per heavy atom. The van der Waals surface area contributed by atoms with Crippen LogP contribution in [0.1, 0.15) is 19.8 Å². The molecule has 1 saturated carbocycles. The Bertz CT molecular complexity index is 419. The maximum absolute atomic E-state index is 11.9. The average molecular weight is 290 g/mol. The van der Waals surface area contributed by atoms with Crippen molar-refractivity contribution in [3.8, 4) is 0 Å². The van der Waals surface area contributed by atoms with Crippen LogP contribution in [0.25, 0.3) is 0 Å². The van der Waals surface area contributed by atoms with Crippen LogP contribution in [0, 0.1) is 5.92 Å². The van der Waals surface area contributed by atoms with Gasteiger partial charge in [0.15, 0.2) is 9.84 Å². The van der Waals surface area contributed by atoms with Gasteiger partial charge in [0.25, 0.3) is 0 Å². The fraction of sp³-hybridized carbons (Fsp3) is 0.917. The Morgan fingerprint density at radius 2 is 2.16 bits per heavy atom. The third kappa shape index (κ3) is 4.74. The van der Waals surface area contributed by atoms with E-state index in [4.69, 9.17) is 4.74 Å². The molecule has 2 atom stereocenters. The molecule has 0 radical (unpaired) electrons. The van der Waals surface area contributed by atoms with Crippen molar-refractivity contribution < 1.29 is 17.9 Å². The van der Waals surface area contributed by atoms with Crippen molar-refractivity contribution in [2.45, 2.75) is 31.9 Å². The summed E-state index contributed by atoms with van der Waals surface area (Å²) in [5.41, 5.74) is 0. The first-order valence-electron chi connectivity index (χ1n) is 6.81. The Balaban J connectivity index is 1.70. The molecule has 2 rings (SSSR count). The van der Waals surface area contributed by atoms with E-state index in [1.807, 2.05) is 6.92 Å². The predicted octanol–water partition coefficient (Wildman–Crippen LogP) is -0.696. The first-order valence-corrected chi connectivity index (χ1v) is 8.63. The summed E-state index contributed by atoms with van der Waals surface area (Å²) in [6.07, 6.45) is 1.86. The fourth-order valence-corrected chi connectivity index (χ4v) is 3.83. The van der Waals surface area contributed by atoms with E-state index in [-0.39, 0.29) is 36.1 Å². The van der Waals surface area contributed by atoms with E-state index in [1.165, 1.54) is 0 Å². The monoisotopic (exact) mass is 290 g/mol. The third-order valence-electron chi connectivity index (χ3n) is 3.50. The first-order chi connectivity index (χ1) is 8.98. The summed E-state index contributed by atoms with van der Waals surface area (Å²) in [6, 6.07) is -0.389. The van der Waals surface area contributed by atoms with Crippen LogP contribution in [0.3, 0.4) is 0 Å². The van der Waals surface area contributed by atoms with Crippen molar-refractivity contribution in [3.05, 3.63) is 0 Å². The summed E-state index contributed by atoms with van der Waals surface area (Å²) in [5.74, 6) is 0.462. The number of hydrogen-bond donors (Lipinski definition) is 2. The number of carbonyl (C=O) groups excluding carboxylic acids is 1. The van der Waals surface area contributed by atoms with Gasteiger partial charge in [0, 0.05) is 13.1 Å². The number of ether oxygens (including phenoxy) is 1. The molecule has 0 aromatic rings. The molecule has 1 heterocycles. The van der Waals surface area contributed by atoms with E-state index in [0.29, 0.717) is 19.1 Å². The van der Waals surface area contributed by atoms with Gasteiger partial charge in [0.2, 0.25) is 5.91 Å². The number of hydrogen-bond acceptors (Lipinski definition) is 5. The lowest BCUT2D eigenvalue weighted by atomic mass is 10.1. The molecule has 0 aromatic heterocycles. The lowest BCUT2D eigenvalue weighted by Crippen LogP contribution is -2.55. The highest BCUT2D eigenvalue weighted by Crippen LogP contribution is 2.30.